The Kier molecular flexibility index (Phi) is 7.47. The Bertz CT molecular complexity index is 1380. The van der Waals surface area contributed by atoms with Crippen LogP contribution in [0.3, 0.4) is 0 Å². The number of oxazole rings is 1. The van der Waals surface area contributed by atoms with Gasteiger partial charge in [-0.15, -0.1) is 0 Å². The predicted octanol–water partition coefficient (Wildman–Crippen LogP) is 5.71. The van der Waals surface area contributed by atoms with Crippen LogP contribution in [-0.2, 0) is 22.5 Å². The number of aromatic nitrogens is 1. The van der Waals surface area contributed by atoms with Crippen LogP contribution in [0.4, 0.5) is 0 Å². The SMILES string of the molecule is COC(=O)C1=C(c2ccc(OCCc3nc(-c4ccccc4)oc3C)cc2)CN(Cc2ccccc2)C1. The number of nitrogens with zero attached hydrogens (tertiary/aromatic N) is 2. The van der Waals surface area contributed by atoms with Gasteiger partial charge in [-0.25, -0.2) is 9.78 Å². The van der Waals surface area contributed by atoms with E-state index >= 15 is 0 Å². The molecule has 0 radical (unpaired) electrons. The van der Waals surface area contributed by atoms with Gasteiger partial charge in [0.15, 0.2) is 0 Å². The highest BCUT2D eigenvalue weighted by molar-refractivity contribution is 5.99. The van der Waals surface area contributed by atoms with Gasteiger partial charge in [0.05, 0.1) is 25.0 Å². The Hall–Kier alpha value is -4.16. The molecule has 0 amide bonds. The maximum atomic E-state index is 12.5. The molecule has 37 heavy (non-hydrogen) atoms. The van der Waals surface area contributed by atoms with E-state index < -0.39 is 0 Å². The fraction of sp³-hybridized carbons (Fsp3) is 0.226. The molecule has 188 valence electrons. The highest BCUT2D eigenvalue weighted by Crippen LogP contribution is 2.30. The van der Waals surface area contributed by atoms with Crippen LogP contribution < -0.4 is 4.74 Å². The second kappa shape index (κ2) is 11.3. The average Bonchev–Trinajstić information content (AvgIpc) is 3.53. The van der Waals surface area contributed by atoms with Crippen molar-refractivity contribution in [2.24, 2.45) is 0 Å². The highest BCUT2D eigenvalue weighted by Gasteiger charge is 2.28. The number of hydrogen-bond donors (Lipinski definition) is 0. The first kappa shape index (κ1) is 24.5. The predicted molar refractivity (Wildman–Crippen MR) is 143 cm³/mol. The van der Waals surface area contributed by atoms with Crippen LogP contribution >= 0.6 is 0 Å². The van der Waals surface area contributed by atoms with Crippen molar-refractivity contribution in [3.8, 4) is 17.2 Å². The molecular formula is C31H30N2O4. The van der Waals surface area contributed by atoms with Gasteiger partial charge in [-0.3, -0.25) is 4.90 Å². The van der Waals surface area contributed by atoms with E-state index in [0.29, 0.717) is 37.6 Å². The normalized spacial score (nSPS) is 13.7. The summed E-state index contributed by atoms with van der Waals surface area (Å²) >= 11 is 0. The number of carbonyl (C=O) groups is 1. The summed E-state index contributed by atoms with van der Waals surface area (Å²) in [5.41, 5.74) is 5.79. The Morgan fingerprint density at radius 1 is 0.919 bits per heavy atom. The van der Waals surface area contributed by atoms with Crippen molar-refractivity contribution < 1.29 is 18.7 Å². The fourth-order valence-corrected chi connectivity index (χ4v) is 4.61. The molecule has 0 aliphatic carbocycles. The van der Waals surface area contributed by atoms with E-state index in [-0.39, 0.29) is 5.97 Å². The molecule has 0 atom stereocenters. The monoisotopic (exact) mass is 494 g/mol. The summed E-state index contributed by atoms with van der Waals surface area (Å²) in [6.45, 7) is 4.45. The summed E-state index contributed by atoms with van der Waals surface area (Å²) < 4.78 is 16.9. The number of rotatable bonds is 9. The lowest BCUT2D eigenvalue weighted by Gasteiger charge is -2.16. The first-order valence-electron chi connectivity index (χ1n) is 12.4. The summed E-state index contributed by atoms with van der Waals surface area (Å²) in [5, 5.41) is 0. The molecule has 3 aromatic carbocycles. The van der Waals surface area contributed by atoms with E-state index in [1.165, 1.54) is 12.7 Å². The molecule has 1 aliphatic heterocycles. The third-order valence-corrected chi connectivity index (χ3v) is 6.53. The Balaban J connectivity index is 1.22. The topological polar surface area (TPSA) is 64.8 Å². The van der Waals surface area contributed by atoms with Crippen molar-refractivity contribution in [3.05, 3.63) is 113 Å². The largest absolute Gasteiger partial charge is 0.493 e. The van der Waals surface area contributed by atoms with Crippen molar-refractivity contribution >= 4 is 11.5 Å². The van der Waals surface area contributed by atoms with Crippen molar-refractivity contribution in [3.63, 3.8) is 0 Å². The van der Waals surface area contributed by atoms with Crippen molar-refractivity contribution in [2.45, 2.75) is 19.9 Å². The first-order chi connectivity index (χ1) is 18.1. The van der Waals surface area contributed by atoms with E-state index in [0.717, 1.165) is 40.4 Å². The number of methoxy groups -OCH3 is 1. The Labute approximate surface area is 217 Å². The smallest absolute Gasteiger partial charge is 0.335 e. The molecule has 1 aliphatic rings. The number of aryl methyl sites for hydroxylation is 1. The van der Waals surface area contributed by atoms with E-state index in [1.807, 2.05) is 79.7 Å². The van der Waals surface area contributed by atoms with E-state index in [9.17, 15) is 4.79 Å². The van der Waals surface area contributed by atoms with Gasteiger partial charge in [-0.05, 0) is 47.9 Å². The minimum Gasteiger partial charge on any atom is -0.493 e. The molecule has 6 nitrogen and oxygen atoms in total. The number of ether oxygens (including phenoxy) is 2. The lowest BCUT2D eigenvalue weighted by Crippen LogP contribution is -2.22. The third kappa shape index (κ3) is 5.81. The van der Waals surface area contributed by atoms with Gasteiger partial charge in [0.1, 0.15) is 11.5 Å². The molecule has 0 N–H and O–H groups in total. The van der Waals surface area contributed by atoms with E-state index in [2.05, 4.69) is 22.0 Å². The summed E-state index contributed by atoms with van der Waals surface area (Å²) in [6.07, 6.45) is 0.649. The van der Waals surface area contributed by atoms with Gasteiger partial charge in [0.2, 0.25) is 5.89 Å². The fourth-order valence-electron chi connectivity index (χ4n) is 4.61. The van der Waals surface area contributed by atoms with E-state index in [4.69, 9.17) is 13.9 Å². The molecule has 0 unspecified atom stereocenters. The molecule has 0 saturated heterocycles. The molecule has 4 aromatic rings. The Morgan fingerprint density at radius 3 is 2.32 bits per heavy atom. The molecule has 0 bridgehead atoms. The number of hydrogen-bond acceptors (Lipinski definition) is 6. The van der Waals surface area contributed by atoms with Crippen LogP contribution in [-0.4, -0.2) is 42.7 Å². The van der Waals surface area contributed by atoms with Crippen LogP contribution in [0.5, 0.6) is 5.75 Å². The minimum atomic E-state index is -0.274. The van der Waals surface area contributed by atoms with Gasteiger partial charge in [-0.2, -0.15) is 0 Å². The quantitative estimate of drug-likeness (QED) is 0.278. The number of carbonyl (C=O) groups excluding carboxylic acids is 1. The minimum absolute atomic E-state index is 0.274. The van der Waals surface area contributed by atoms with Crippen LogP contribution in [0, 0.1) is 6.92 Å². The zero-order chi connectivity index (χ0) is 25.6. The first-order valence-corrected chi connectivity index (χ1v) is 12.4. The number of esters is 1. The summed E-state index contributed by atoms with van der Waals surface area (Å²) in [4.78, 5) is 19.4. The number of benzene rings is 3. The average molecular weight is 495 g/mol. The lowest BCUT2D eigenvalue weighted by molar-refractivity contribution is -0.136. The molecule has 0 saturated carbocycles. The van der Waals surface area contributed by atoms with Gasteiger partial charge >= 0.3 is 5.97 Å². The van der Waals surface area contributed by atoms with Crippen molar-refractivity contribution in [1.82, 2.24) is 9.88 Å². The second-order valence-corrected chi connectivity index (χ2v) is 9.09. The van der Waals surface area contributed by atoms with Gasteiger partial charge in [0, 0.05) is 31.6 Å². The molecule has 1 aromatic heterocycles. The molecular weight excluding hydrogens is 464 g/mol. The van der Waals surface area contributed by atoms with Crippen molar-refractivity contribution in [2.75, 3.05) is 26.8 Å². The highest BCUT2D eigenvalue weighted by atomic mass is 16.5. The molecule has 0 fully saturated rings. The lowest BCUT2D eigenvalue weighted by atomic mass is 10.0. The van der Waals surface area contributed by atoms with Crippen LogP contribution in [0.25, 0.3) is 17.0 Å². The molecule has 6 heteroatoms. The zero-order valence-electron chi connectivity index (χ0n) is 21.1. The zero-order valence-corrected chi connectivity index (χ0v) is 21.1. The van der Waals surface area contributed by atoms with Crippen molar-refractivity contribution in [1.29, 1.82) is 0 Å². The maximum Gasteiger partial charge on any atom is 0.335 e. The third-order valence-electron chi connectivity index (χ3n) is 6.53. The van der Waals surface area contributed by atoms with Gasteiger partial charge in [-0.1, -0.05) is 60.7 Å². The molecule has 0 spiro atoms. The summed E-state index contributed by atoms with van der Waals surface area (Å²) in [5.74, 6) is 1.93. The molecule has 5 rings (SSSR count). The second-order valence-electron chi connectivity index (χ2n) is 9.09. The summed E-state index contributed by atoms with van der Waals surface area (Å²) in [6, 6.07) is 28.1. The van der Waals surface area contributed by atoms with Gasteiger partial charge in [0.25, 0.3) is 0 Å². The summed E-state index contributed by atoms with van der Waals surface area (Å²) in [7, 11) is 1.43. The van der Waals surface area contributed by atoms with Crippen LogP contribution in [0.15, 0.2) is 94.9 Å². The molecule has 2 heterocycles. The Morgan fingerprint density at radius 2 is 1.62 bits per heavy atom. The standard InChI is InChI=1S/C31H30N2O4/c1-22-29(32-30(37-22)25-11-7-4-8-12-25)17-18-36-26-15-13-24(14-16-26)27-20-33(21-28(27)31(34)35-2)19-23-9-5-3-6-10-23/h3-16H,17-21H2,1-2H3. The van der Waals surface area contributed by atoms with E-state index in [1.54, 1.807) is 0 Å². The van der Waals surface area contributed by atoms with Gasteiger partial charge < -0.3 is 13.9 Å². The maximum absolute atomic E-state index is 12.5. The van der Waals surface area contributed by atoms with Crippen LogP contribution in [0.1, 0.15) is 22.6 Å². The van der Waals surface area contributed by atoms with Crippen LogP contribution in [0.2, 0.25) is 0 Å².